The standard InChI is InChI=1S/C6H13NOS/c1-7-4-6(8)2-3-9-5-6/h7-8H,2-5H2,1H3. The number of hydrogen-bond donors (Lipinski definition) is 2. The van der Waals surface area contributed by atoms with Gasteiger partial charge in [-0.2, -0.15) is 11.8 Å². The summed E-state index contributed by atoms with van der Waals surface area (Å²) in [4.78, 5) is 0. The number of hydrogen-bond acceptors (Lipinski definition) is 3. The van der Waals surface area contributed by atoms with E-state index in [4.69, 9.17) is 0 Å². The highest BCUT2D eigenvalue weighted by atomic mass is 32.2. The highest BCUT2D eigenvalue weighted by molar-refractivity contribution is 7.99. The van der Waals surface area contributed by atoms with Gasteiger partial charge in [0.15, 0.2) is 0 Å². The first-order chi connectivity index (χ1) is 4.27. The largest absolute Gasteiger partial charge is 0.388 e. The maximum atomic E-state index is 9.61. The van der Waals surface area contributed by atoms with Crippen LogP contribution in [0.25, 0.3) is 0 Å². The minimum absolute atomic E-state index is 0.403. The molecule has 0 saturated carbocycles. The van der Waals surface area contributed by atoms with Gasteiger partial charge < -0.3 is 10.4 Å². The van der Waals surface area contributed by atoms with Crippen LogP contribution in [0, 0.1) is 0 Å². The van der Waals surface area contributed by atoms with Crippen molar-refractivity contribution in [3.05, 3.63) is 0 Å². The molecule has 9 heavy (non-hydrogen) atoms. The van der Waals surface area contributed by atoms with Gasteiger partial charge >= 0.3 is 0 Å². The lowest BCUT2D eigenvalue weighted by Gasteiger charge is -2.19. The number of likely N-dealkylation sites (N-methyl/N-ethyl adjacent to an activating group) is 1. The van der Waals surface area contributed by atoms with Crippen LogP contribution in [0.5, 0.6) is 0 Å². The highest BCUT2D eigenvalue weighted by Crippen LogP contribution is 2.26. The summed E-state index contributed by atoms with van der Waals surface area (Å²) in [5, 5.41) is 12.6. The van der Waals surface area contributed by atoms with Crippen LogP contribution in [0.1, 0.15) is 6.42 Å². The Labute approximate surface area is 60.0 Å². The van der Waals surface area contributed by atoms with Crippen LogP contribution in [0.4, 0.5) is 0 Å². The minimum atomic E-state index is -0.403. The third-order valence-electron chi connectivity index (χ3n) is 1.59. The van der Waals surface area contributed by atoms with Gasteiger partial charge in [0.25, 0.3) is 0 Å². The van der Waals surface area contributed by atoms with Crippen LogP contribution < -0.4 is 5.32 Å². The molecule has 3 heteroatoms. The lowest BCUT2D eigenvalue weighted by Crippen LogP contribution is -2.38. The van der Waals surface area contributed by atoms with E-state index in [1.54, 1.807) is 0 Å². The van der Waals surface area contributed by atoms with Gasteiger partial charge in [0.1, 0.15) is 0 Å². The SMILES string of the molecule is CNCC1(O)CCSC1. The van der Waals surface area contributed by atoms with E-state index in [2.05, 4.69) is 5.32 Å². The summed E-state index contributed by atoms with van der Waals surface area (Å²) in [5.74, 6) is 2.01. The van der Waals surface area contributed by atoms with Crippen LogP contribution in [0.3, 0.4) is 0 Å². The quantitative estimate of drug-likeness (QED) is 0.580. The van der Waals surface area contributed by atoms with Crippen LogP contribution in [-0.2, 0) is 0 Å². The van der Waals surface area contributed by atoms with Gasteiger partial charge in [0.05, 0.1) is 5.60 Å². The van der Waals surface area contributed by atoms with Crippen molar-refractivity contribution in [1.29, 1.82) is 0 Å². The van der Waals surface area contributed by atoms with Gasteiger partial charge in [0, 0.05) is 12.3 Å². The first-order valence-electron chi connectivity index (χ1n) is 3.22. The van der Waals surface area contributed by atoms with Gasteiger partial charge in [-0.05, 0) is 19.2 Å². The van der Waals surface area contributed by atoms with Crippen LogP contribution in [-0.4, -0.2) is 35.8 Å². The Morgan fingerprint density at radius 1 is 1.78 bits per heavy atom. The molecular formula is C6H13NOS. The molecular weight excluding hydrogens is 134 g/mol. The van der Waals surface area contributed by atoms with Crippen LogP contribution in [0.2, 0.25) is 0 Å². The maximum Gasteiger partial charge on any atom is 0.0869 e. The summed E-state index contributed by atoms with van der Waals surface area (Å²) >= 11 is 1.83. The summed E-state index contributed by atoms with van der Waals surface area (Å²) in [5.41, 5.74) is -0.403. The fraction of sp³-hybridized carbons (Fsp3) is 1.00. The van der Waals surface area contributed by atoms with E-state index in [0.29, 0.717) is 0 Å². The zero-order valence-corrected chi connectivity index (χ0v) is 6.50. The summed E-state index contributed by atoms with van der Waals surface area (Å²) in [7, 11) is 1.88. The summed E-state index contributed by atoms with van der Waals surface area (Å²) in [6.45, 7) is 0.736. The van der Waals surface area contributed by atoms with Crippen molar-refractivity contribution >= 4 is 11.8 Å². The second-order valence-electron chi connectivity index (χ2n) is 2.56. The molecule has 1 saturated heterocycles. The van der Waals surface area contributed by atoms with Gasteiger partial charge in [0.2, 0.25) is 0 Å². The lowest BCUT2D eigenvalue weighted by atomic mass is 10.0. The van der Waals surface area contributed by atoms with E-state index in [1.165, 1.54) is 0 Å². The molecule has 0 aromatic carbocycles. The van der Waals surface area contributed by atoms with Crippen LogP contribution >= 0.6 is 11.8 Å². The van der Waals surface area contributed by atoms with Crippen molar-refractivity contribution in [3.63, 3.8) is 0 Å². The summed E-state index contributed by atoms with van der Waals surface area (Å²) < 4.78 is 0. The average Bonchev–Trinajstić information content (AvgIpc) is 2.16. The third kappa shape index (κ3) is 1.85. The molecule has 1 aliphatic rings. The fourth-order valence-electron chi connectivity index (χ4n) is 1.06. The highest BCUT2D eigenvalue weighted by Gasteiger charge is 2.30. The first-order valence-corrected chi connectivity index (χ1v) is 4.37. The monoisotopic (exact) mass is 147 g/mol. The molecule has 1 rings (SSSR count). The van der Waals surface area contributed by atoms with Gasteiger partial charge in [-0.1, -0.05) is 0 Å². The van der Waals surface area contributed by atoms with Gasteiger partial charge in [-0.25, -0.2) is 0 Å². The summed E-state index contributed by atoms with van der Waals surface area (Å²) in [6, 6.07) is 0. The molecule has 2 N–H and O–H groups in total. The Balaban J connectivity index is 2.32. The van der Waals surface area contributed by atoms with Crippen molar-refractivity contribution < 1.29 is 5.11 Å². The topological polar surface area (TPSA) is 32.3 Å². The number of rotatable bonds is 2. The van der Waals surface area contributed by atoms with E-state index in [-0.39, 0.29) is 0 Å². The second-order valence-corrected chi connectivity index (χ2v) is 3.66. The molecule has 0 aromatic rings. The molecule has 0 amide bonds. The Morgan fingerprint density at radius 2 is 2.56 bits per heavy atom. The zero-order chi connectivity index (χ0) is 6.74. The minimum Gasteiger partial charge on any atom is -0.388 e. The Morgan fingerprint density at radius 3 is 3.00 bits per heavy atom. The van der Waals surface area contributed by atoms with Crippen molar-refractivity contribution in [2.75, 3.05) is 25.1 Å². The van der Waals surface area contributed by atoms with Crippen molar-refractivity contribution in [2.45, 2.75) is 12.0 Å². The lowest BCUT2D eigenvalue weighted by molar-refractivity contribution is 0.0699. The third-order valence-corrected chi connectivity index (χ3v) is 2.82. The maximum absolute atomic E-state index is 9.61. The second kappa shape index (κ2) is 2.90. The normalized spacial score (nSPS) is 35.3. The van der Waals surface area contributed by atoms with E-state index < -0.39 is 5.60 Å². The van der Waals surface area contributed by atoms with Gasteiger partial charge in [-0.15, -0.1) is 0 Å². The molecule has 0 bridgehead atoms. The van der Waals surface area contributed by atoms with Crippen molar-refractivity contribution in [1.82, 2.24) is 5.32 Å². The molecule has 54 valence electrons. The molecule has 1 aliphatic heterocycles. The predicted molar refractivity (Wildman–Crippen MR) is 40.8 cm³/mol. The smallest absolute Gasteiger partial charge is 0.0869 e. The molecule has 1 atom stereocenters. The molecule has 0 spiro atoms. The number of thioether (sulfide) groups is 1. The molecule has 0 radical (unpaired) electrons. The van der Waals surface area contributed by atoms with E-state index >= 15 is 0 Å². The van der Waals surface area contributed by atoms with Crippen LogP contribution in [0.15, 0.2) is 0 Å². The first kappa shape index (κ1) is 7.38. The van der Waals surface area contributed by atoms with E-state index in [0.717, 1.165) is 24.5 Å². The molecule has 0 aromatic heterocycles. The Kier molecular flexibility index (Phi) is 2.38. The molecule has 2 nitrogen and oxygen atoms in total. The number of nitrogens with one attached hydrogen (secondary N) is 1. The molecule has 1 fully saturated rings. The molecule has 1 unspecified atom stereocenters. The summed E-state index contributed by atoms with van der Waals surface area (Å²) in [6.07, 6.45) is 0.943. The van der Waals surface area contributed by atoms with Gasteiger partial charge in [-0.3, -0.25) is 0 Å². The Hall–Kier alpha value is 0.270. The molecule has 0 aliphatic carbocycles. The number of aliphatic hydroxyl groups is 1. The van der Waals surface area contributed by atoms with E-state index in [1.807, 2.05) is 18.8 Å². The van der Waals surface area contributed by atoms with Crippen molar-refractivity contribution in [3.8, 4) is 0 Å². The van der Waals surface area contributed by atoms with E-state index in [9.17, 15) is 5.11 Å². The zero-order valence-electron chi connectivity index (χ0n) is 5.68. The molecule has 1 heterocycles. The van der Waals surface area contributed by atoms with Crippen molar-refractivity contribution in [2.24, 2.45) is 0 Å². The average molecular weight is 147 g/mol. The predicted octanol–water partition coefficient (Wildman–Crippen LogP) is 0.0738. The fourth-order valence-corrected chi connectivity index (χ4v) is 2.36. The Bertz CT molecular complexity index is 91.1.